The average Bonchev–Trinajstić information content (AvgIpc) is 3.11. The van der Waals surface area contributed by atoms with Crippen LogP contribution in [0, 0.1) is 23.7 Å². The topological polar surface area (TPSA) is 200 Å². The Kier molecular flexibility index (Phi) is 17.6. The summed E-state index contributed by atoms with van der Waals surface area (Å²) in [7, 11) is 6.33. The highest BCUT2D eigenvalue weighted by Gasteiger charge is 2.48. The van der Waals surface area contributed by atoms with Crippen molar-refractivity contribution in [1.29, 1.82) is 0 Å². The Labute approximate surface area is 313 Å². The maximum atomic E-state index is 13.5. The number of hydrogen-bond donors (Lipinski definition) is 4. The fraction of sp³-hybridized carbons (Fsp3) is 0.816. The number of rotatable bonds is 10. The fourth-order valence-electron chi connectivity index (χ4n) is 7.44. The Morgan fingerprint density at radius 1 is 0.887 bits per heavy atom. The number of hydrogen-bond acceptors (Lipinski definition) is 15. The van der Waals surface area contributed by atoms with Crippen molar-refractivity contribution >= 4 is 18.0 Å². The number of carbonyl (C=O) groups excluding carboxylic acids is 3. The summed E-state index contributed by atoms with van der Waals surface area (Å²) in [5.74, 6) is -3.93. The number of cyclic esters (lactones) is 1. The van der Waals surface area contributed by atoms with E-state index in [1.54, 1.807) is 59.7 Å². The Morgan fingerprint density at radius 3 is 2.09 bits per heavy atom. The molecule has 0 aliphatic carbocycles. The summed E-state index contributed by atoms with van der Waals surface area (Å²) < 4.78 is 41.4. The normalized spacial score (nSPS) is 42.6. The number of likely N-dealkylation sites (N-methyl/N-ethyl adjacent to an activating group) is 1. The zero-order valence-corrected chi connectivity index (χ0v) is 32.8. The second-order valence-corrected chi connectivity index (χ2v) is 15.0. The number of nitrogens with zero attached hydrogens (tertiary/aromatic N) is 1. The second-order valence-electron chi connectivity index (χ2n) is 15.0. The number of aldehydes is 1. The first-order valence-corrected chi connectivity index (χ1v) is 18.6. The van der Waals surface area contributed by atoms with E-state index in [9.17, 15) is 34.8 Å². The molecule has 3 rings (SSSR count). The maximum absolute atomic E-state index is 13.5. The molecular formula is C38H63NO14. The van der Waals surface area contributed by atoms with E-state index >= 15 is 0 Å². The van der Waals surface area contributed by atoms with E-state index in [0.717, 1.165) is 0 Å². The van der Waals surface area contributed by atoms with Crippen LogP contribution in [-0.4, -0.2) is 158 Å². The molecule has 15 nitrogen and oxygen atoms in total. The zero-order valence-electron chi connectivity index (χ0n) is 32.8. The van der Waals surface area contributed by atoms with Crippen LogP contribution in [0.2, 0.25) is 0 Å². The van der Waals surface area contributed by atoms with E-state index < -0.39 is 116 Å². The summed E-state index contributed by atoms with van der Waals surface area (Å²) in [5.41, 5.74) is 0.684. The molecule has 304 valence electrons. The minimum Gasteiger partial charge on any atom is -0.462 e. The third-order valence-electron chi connectivity index (χ3n) is 10.8. The molecule has 0 amide bonds. The van der Waals surface area contributed by atoms with E-state index in [1.165, 1.54) is 20.3 Å². The monoisotopic (exact) mass is 757 g/mol. The largest absolute Gasteiger partial charge is 0.462 e. The molecule has 17 unspecified atom stereocenters. The maximum Gasteiger partial charge on any atom is 0.308 e. The van der Waals surface area contributed by atoms with Gasteiger partial charge in [0, 0.05) is 37.9 Å². The lowest BCUT2D eigenvalue weighted by atomic mass is 9.81. The third kappa shape index (κ3) is 11.4. The van der Waals surface area contributed by atoms with Gasteiger partial charge in [0.1, 0.15) is 36.8 Å². The lowest BCUT2D eigenvalue weighted by molar-refractivity contribution is -0.304. The smallest absolute Gasteiger partial charge is 0.308 e. The SMILES string of the molecule is CCC1OC(=O)CC(O)C(C)C(OC2OC(C)C(O)C(N(C)C)C2O)C(C=O)CC(C)C(=O)C=CC(C)=CC1COC1OC(C)C(O)C(OC)C1OC. The van der Waals surface area contributed by atoms with E-state index in [2.05, 4.69) is 0 Å². The molecule has 15 heteroatoms. The summed E-state index contributed by atoms with van der Waals surface area (Å²) in [4.78, 5) is 41.2. The van der Waals surface area contributed by atoms with Gasteiger partial charge < -0.3 is 63.3 Å². The van der Waals surface area contributed by atoms with Gasteiger partial charge in [-0.05, 0) is 53.8 Å². The molecule has 17 atom stereocenters. The lowest BCUT2D eigenvalue weighted by Crippen LogP contribution is -2.63. The van der Waals surface area contributed by atoms with Crippen molar-refractivity contribution in [3.05, 3.63) is 23.8 Å². The van der Waals surface area contributed by atoms with Crippen LogP contribution in [0.5, 0.6) is 0 Å². The highest BCUT2D eigenvalue weighted by Crippen LogP contribution is 2.33. The molecule has 0 aromatic rings. The molecule has 2 fully saturated rings. The van der Waals surface area contributed by atoms with Crippen LogP contribution < -0.4 is 0 Å². The first-order chi connectivity index (χ1) is 25.0. The molecule has 0 aromatic heterocycles. The first-order valence-electron chi connectivity index (χ1n) is 18.6. The summed E-state index contributed by atoms with van der Waals surface area (Å²) in [6.07, 6.45) is -5.98. The van der Waals surface area contributed by atoms with Crippen LogP contribution in [-0.2, 0) is 47.5 Å². The Bertz CT molecular complexity index is 1250. The van der Waals surface area contributed by atoms with Crippen LogP contribution >= 0.6 is 0 Å². The minimum atomic E-state index is -1.36. The van der Waals surface area contributed by atoms with Crippen LogP contribution in [0.3, 0.4) is 0 Å². The Balaban J connectivity index is 1.94. The third-order valence-corrected chi connectivity index (χ3v) is 10.8. The predicted octanol–water partition coefficient (Wildman–Crippen LogP) is 1.17. The standard InChI is InChI=1S/C38H63NO14/c1-11-28-25(18-49-38-36(48-10)35(47-9)32(45)23(6)51-38)14-19(2)12-13-26(41)20(3)15-24(17-40)34(21(4)27(42)16-29(43)52-28)53-37-33(46)30(39(7)8)31(44)22(5)50-37/h12-14,17,20-25,27-28,30-38,42,44-46H,11,15-16,18H2,1-10H3. The van der Waals surface area contributed by atoms with Crippen LogP contribution in [0.15, 0.2) is 23.8 Å². The average molecular weight is 758 g/mol. The molecule has 3 aliphatic heterocycles. The number of aliphatic hydroxyl groups excluding tert-OH is 4. The summed E-state index contributed by atoms with van der Waals surface area (Å²) in [5, 5.41) is 44.0. The van der Waals surface area contributed by atoms with Crippen molar-refractivity contribution in [3.8, 4) is 0 Å². The Morgan fingerprint density at radius 2 is 1.51 bits per heavy atom. The number of methoxy groups -OCH3 is 2. The van der Waals surface area contributed by atoms with Crippen molar-refractivity contribution in [2.45, 2.75) is 140 Å². The van der Waals surface area contributed by atoms with E-state index in [1.807, 2.05) is 13.0 Å². The van der Waals surface area contributed by atoms with Gasteiger partial charge >= 0.3 is 5.97 Å². The van der Waals surface area contributed by atoms with E-state index in [0.29, 0.717) is 18.3 Å². The van der Waals surface area contributed by atoms with Gasteiger partial charge in [0.25, 0.3) is 0 Å². The fourth-order valence-corrected chi connectivity index (χ4v) is 7.44. The van der Waals surface area contributed by atoms with Crippen molar-refractivity contribution in [2.24, 2.45) is 23.7 Å². The van der Waals surface area contributed by atoms with Gasteiger partial charge in [-0.2, -0.15) is 0 Å². The number of esters is 1. The van der Waals surface area contributed by atoms with Gasteiger partial charge in [0.15, 0.2) is 18.4 Å². The number of ketones is 1. The molecule has 53 heavy (non-hydrogen) atoms. The van der Waals surface area contributed by atoms with Gasteiger partial charge in [-0.3, -0.25) is 9.59 Å². The van der Waals surface area contributed by atoms with Gasteiger partial charge in [-0.1, -0.05) is 38.5 Å². The predicted molar refractivity (Wildman–Crippen MR) is 191 cm³/mol. The van der Waals surface area contributed by atoms with Gasteiger partial charge in [-0.25, -0.2) is 0 Å². The van der Waals surface area contributed by atoms with E-state index in [4.69, 9.17) is 33.2 Å². The summed E-state index contributed by atoms with van der Waals surface area (Å²) in [6, 6.07) is -0.758. The van der Waals surface area contributed by atoms with Crippen molar-refractivity contribution in [2.75, 3.05) is 34.9 Å². The highest BCUT2D eigenvalue weighted by atomic mass is 16.7. The van der Waals surface area contributed by atoms with E-state index in [-0.39, 0.29) is 18.8 Å². The van der Waals surface area contributed by atoms with Gasteiger partial charge in [-0.15, -0.1) is 0 Å². The lowest BCUT2D eigenvalue weighted by Gasteiger charge is -2.46. The number of carbonyl (C=O) groups is 3. The Hall–Kier alpha value is -2.15. The van der Waals surface area contributed by atoms with Crippen LogP contribution in [0.1, 0.15) is 60.8 Å². The number of ether oxygens (including phenoxy) is 7. The highest BCUT2D eigenvalue weighted by molar-refractivity contribution is 5.92. The second kappa shape index (κ2) is 20.7. The molecule has 2 saturated heterocycles. The summed E-state index contributed by atoms with van der Waals surface area (Å²) >= 11 is 0. The van der Waals surface area contributed by atoms with Gasteiger partial charge in [0.2, 0.25) is 0 Å². The molecule has 0 bridgehead atoms. The minimum absolute atomic E-state index is 0.00571. The molecule has 3 aliphatic rings. The number of aliphatic hydroxyl groups is 4. The van der Waals surface area contributed by atoms with Gasteiger partial charge in [0.05, 0.1) is 49.6 Å². The molecule has 0 saturated carbocycles. The molecule has 0 spiro atoms. The molecule has 0 radical (unpaired) electrons. The van der Waals surface area contributed by atoms with Crippen LogP contribution in [0.4, 0.5) is 0 Å². The van der Waals surface area contributed by atoms with Crippen molar-refractivity contribution in [3.63, 3.8) is 0 Å². The quantitative estimate of drug-likeness (QED) is 0.183. The van der Waals surface area contributed by atoms with Crippen molar-refractivity contribution < 1.29 is 68.0 Å². The molecule has 3 heterocycles. The first kappa shape index (κ1) is 45.2. The summed E-state index contributed by atoms with van der Waals surface area (Å²) in [6.45, 7) is 10.3. The van der Waals surface area contributed by atoms with Crippen molar-refractivity contribution in [1.82, 2.24) is 4.90 Å². The molecule has 4 N–H and O–H groups in total. The molecule has 0 aromatic carbocycles. The number of allylic oxidation sites excluding steroid dienone is 3. The zero-order chi connectivity index (χ0) is 39.7. The molecular weight excluding hydrogens is 694 g/mol. The van der Waals surface area contributed by atoms with Crippen LogP contribution in [0.25, 0.3) is 0 Å².